The molecule has 0 aromatic heterocycles. The van der Waals surface area contributed by atoms with Crippen LogP contribution in [0.3, 0.4) is 0 Å². The van der Waals surface area contributed by atoms with Gasteiger partial charge < -0.3 is 5.32 Å². The fourth-order valence-corrected chi connectivity index (χ4v) is 4.34. The van der Waals surface area contributed by atoms with Gasteiger partial charge in [0.25, 0.3) is 0 Å². The summed E-state index contributed by atoms with van der Waals surface area (Å²) in [5.74, 6) is 0.0965. The van der Waals surface area contributed by atoms with Crippen LogP contribution in [-0.2, 0) is 21.2 Å². The van der Waals surface area contributed by atoms with Crippen LogP contribution >= 0.6 is 0 Å². The van der Waals surface area contributed by atoms with Crippen LogP contribution in [0.5, 0.6) is 0 Å². The lowest BCUT2D eigenvalue weighted by molar-refractivity contribution is -0.126. The van der Waals surface area contributed by atoms with Crippen LogP contribution in [0.4, 0.5) is 0 Å². The third-order valence-electron chi connectivity index (χ3n) is 4.14. The van der Waals surface area contributed by atoms with Crippen molar-refractivity contribution in [3.05, 3.63) is 35.9 Å². The van der Waals surface area contributed by atoms with E-state index in [0.29, 0.717) is 32.4 Å². The van der Waals surface area contributed by atoms with Crippen molar-refractivity contribution in [3.63, 3.8) is 0 Å². The molecule has 2 rings (SSSR count). The molecule has 1 N–H and O–H groups in total. The molecule has 0 unspecified atom stereocenters. The SMILES string of the molecule is CC(C)NC(=O)C1CCN(S(=O)(=O)CCc2ccccc2)CC1. The van der Waals surface area contributed by atoms with E-state index in [1.807, 2.05) is 44.2 Å². The molecule has 1 aromatic rings. The number of carbonyl (C=O) groups is 1. The van der Waals surface area contributed by atoms with Gasteiger partial charge in [-0.1, -0.05) is 30.3 Å². The van der Waals surface area contributed by atoms with Gasteiger partial charge in [-0.3, -0.25) is 4.79 Å². The highest BCUT2D eigenvalue weighted by molar-refractivity contribution is 7.89. The Morgan fingerprint density at radius 3 is 2.39 bits per heavy atom. The molecule has 1 fully saturated rings. The van der Waals surface area contributed by atoms with Gasteiger partial charge in [0.1, 0.15) is 0 Å². The second-order valence-corrected chi connectivity index (χ2v) is 8.48. The highest BCUT2D eigenvalue weighted by atomic mass is 32.2. The number of rotatable bonds is 6. The van der Waals surface area contributed by atoms with E-state index in [4.69, 9.17) is 0 Å². The minimum atomic E-state index is -3.25. The van der Waals surface area contributed by atoms with Gasteiger partial charge >= 0.3 is 0 Å². The summed E-state index contributed by atoms with van der Waals surface area (Å²) in [4.78, 5) is 12.0. The number of amides is 1. The zero-order valence-corrected chi connectivity index (χ0v) is 14.7. The largest absolute Gasteiger partial charge is 0.354 e. The first-order valence-corrected chi connectivity index (χ1v) is 9.81. The van der Waals surface area contributed by atoms with E-state index in [2.05, 4.69) is 5.32 Å². The number of benzene rings is 1. The summed E-state index contributed by atoms with van der Waals surface area (Å²) in [5.41, 5.74) is 1.03. The summed E-state index contributed by atoms with van der Waals surface area (Å²) in [6.07, 6.45) is 1.73. The van der Waals surface area contributed by atoms with Gasteiger partial charge in [0.15, 0.2) is 0 Å². The van der Waals surface area contributed by atoms with Crippen molar-refractivity contribution in [3.8, 4) is 0 Å². The average molecular weight is 338 g/mol. The Bertz CT molecular complexity index is 606. The number of aryl methyl sites for hydroxylation is 1. The topological polar surface area (TPSA) is 66.5 Å². The molecule has 0 saturated carbocycles. The maximum Gasteiger partial charge on any atom is 0.223 e. The van der Waals surface area contributed by atoms with E-state index >= 15 is 0 Å². The molecule has 0 spiro atoms. The van der Waals surface area contributed by atoms with Gasteiger partial charge in [0.05, 0.1) is 5.75 Å². The Kier molecular flexibility index (Phi) is 6.18. The standard InChI is InChI=1S/C17H26N2O3S/c1-14(2)18-17(20)16-8-11-19(12-9-16)23(21,22)13-10-15-6-4-3-5-7-15/h3-7,14,16H,8-13H2,1-2H3,(H,18,20). The molecular formula is C17H26N2O3S. The lowest BCUT2D eigenvalue weighted by Gasteiger charge is -2.31. The summed E-state index contributed by atoms with van der Waals surface area (Å²) >= 11 is 0. The molecule has 1 aliphatic rings. The average Bonchev–Trinajstić information content (AvgIpc) is 2.53. The van der Waals surface area contributed by atoms with Gasteiger partial charge in [0, 0.05) is 25.0 Å². The molecule has 1 aromatic carbocycles. The van der Waals surface area contributed by atoms with Crippen molar-refractivity contribution in [1.82, 2.24) is 9.62 Å². The summed E-state index contributed by atoms with van der Waals surface area (Å²) in [7, 11) is -3.25. The van der Waals surface area contributed by atoms with E-state index in [0.717, 1.165) is 5.56 Å². The number of nitrogens with zero attached hydrogens (tertiary/aromatic N) is 1. The predicted molar refractivity (Wildman–Crippen MR) is 91.5 cm³/mol. The first-order chi connectivity index (χ1) is 10.9. The van der Waals surface area contributed by atoms with Gasteiger partial charge in [-0.2, -0.15) is 0 Å². The van der Waals surface area contributed by atoms with E-state index < -0.39 is 10.0 Å². The summed E-state index contributed by atoms with van der Waals surface area (Å²) in [6, 6.07) is 9.76. The molecule has 1 aliphatic heterocycles. The minimum absolute atomic E-state index is 0.0429. The zero-order valence-electron chi connectivity index (χ0n) is 13.9. The molecule has 5 nitrogen and oxygen atoms in total. The Hall–Kier alpha value is -1.40. The van der Waals surface area contributed by atoms with Crippen molar-refractivity contribution in [2.75, 3.05) is 18.8 Å². The number of hydrogen-bond acceptors (Lipinski definition) is 3. The molecule has 23 heavy (non-hydrogen) atoms. The molecule has 1 amide bonds. The third kappa shape index (κ3) is 5.32. The normalized spacial score (nSPS) is 17.3. The molecule has 0 radical (unpaired) electrons. The molecular weight excluding hydrogens is 312 g/mol. The Balaban J connectivity index is 1.85. The van der Waals surface area contributed by atoms with Crippen molar-refractivity contribution in [1.29, 1.82) is 0 Å². The van der Waals surface area contributed by atoms with E-state index in [-0.39, 0.29) is 23.6 Å². The fourth-order valence-electron chi connectivity index (χ4n) is 2.82. The predicted octanol–water partition coefficient (Wildman–Crippen LogP) is 1.80. The minimum Gasteiger partial charge on any atom is -0.354 e. The maximum atomic E-state index is 12.4. The first-order valence-electron chi connectivity index (χ1n) is 8.20. The second-order valence-electron chi connectivity index (χ2n) is 6.39. The third-order valence-corrected chi connectivity index (χ3v) is 6.01. The van der Waals surface area contributed by atoms with E-state index in [1.165, 1.54) is 4.31 Å². The van der Waals surface area contributed by atoms with Crippen LogP contribution in [0.15, 0.2) is 30.3 Å². The molecule has 1 heterocycles. The van der Waals surface area contributed by atoms with Crippen molar-refractivity contribution in [2.45, 2.75) is 39.2 Å². The fraction of sp³-hybridized carbons (Fsp3) is 0.588. The van der Waals surface area contributed by atoms with Crippen molar-refractivity contribution >= 4 is 15.9 Å². The smallest absolute Gasteiger partial charge is 0.223 e. The highest BCUT2D eigenvalue weighted by Gasteiger charge is 2.30. The van der Waals surface area contributed by atoms with Gasteiger partial charge in [-0.15, -0.1) is 0 Å². The van der Waals surface area contributed by atoms with Crippen LogP contribution in [0.1, 0.15) is 32.3 Å². The van der Waals surface area contributed by atoms with Gasteiger partial charge in [-0.05, 0) is 38.7 Å². The number of hydrogen-bond donors (Lipinski definition) is 1. The summed E-state index contributed by atoms with van der Waals surface area (Å²) in [6.45, 7) is 4.74. The molecule has 0 atom stereocenters. The summed E-state index contributed by atoms with van der Waals surface area (Å²) in [5, 5.41) is 2.91. The number of carbonyl (C=O) groups excluding carboxylic acids is 1. The number of nitrogens with one attached hydrogen (secondary N) is 1. The van der Waals surface area contributed by atoms with Crippen LogP contribution in [0.2, 0.25) is 0 Å². The molecule has 0 bridgehead atoms. The highest BCUT2D eigenvalue weighted by Crippen LogP contribution is 2.20. The monoisotopic (exact) mass is 338 g/mol. The maximum absolute atomic E-state index is 12.4. The molecule has 128 valence electrons. The van der Waals surface area contributed by atoms with Gasteiger partial charge in [-0.25, -0.2) is 12.7 Å². The lowest BCUT2D eigenvalue weighted by atomic mass is 9.97. The Labute approximate surface area is 139 Å². The zero-order chi connectivity index (χ0) is 16.9. The molecule has 1 saturated heterocycles. The molecule has 0 aliphatic carbocycles. The molecule has 6 heteroatoms. The van der Waals surface area contributed by atoms with Crippen LogP contribution < -0.4 is 5.32 Å². The van der Waals surface area contributed by atoms with Crippen molar-refractivity contribution < 1.29 is 13.2 Å². The van der Waals surface area contributed by atoms with Crippen molar-refractivity contribution in [2.24, 2.45) is 5.92 Å². The van der Waals surface area contributed by atoms with E-state index in [9.17, 15) is 13.2 Å². The van der Waals surface area contributed by atoms with Crippen LogP contribution in [0, 0.1) is 5.92 Å². The van der Waals surface area contributed by atoms with E-state index in [1.54, 1.807) is 0 Å². The van der Waals surface area contributed by atoms with Crippen LogP contribution in [0.25, 0.3) is 0 Å². The van der Waals surface area contributed by atoms with Crippen LogP contribution in [-0.4, -0.2) is 43.5 Å². The van der Waals surface area contributed by atoms with Gasteiger partial charge in [0.2, 0.25) is 15.9 Å². The Morgan fingerprint density at radius 1 is 1.22 bits per heavy atom. The number of piperidine rings is 1. The number of sulfonamides is 1. The second kappa shape index (κ2) is 7.93. The Morgan fingerprint density at radius 2 is 1.83 bits per heavy atom. The lowest BCUT2D eigenvalue weighted by Crippen LogP contribution is -2.45. The quantitative estimate of drug-likeness (QED) is 0.860. The first kappa shape index (κ1) is 17.9. The summed E-state index contributed by atoms with van der Waals surface area (Å²) < 4.78 is 26.4.